The van der Waals surface area contributed by atoms with Crippen LogP contribution in [0, 0.1) is 0 Å². The van der Waals surface area contributed by atoms with Crippen LogP contribution in [0.2, 0.25) is 6.32 Å². The van der Waals surface area contributed by atoms with Crippen LogP contribution in [-0.2, 0) is 4.79 Å². The van der Waals surface area contributed by atoms with Gasteiger partial charge < -0.3 is 4.79 Å². The zero-order valence-corrected chi connectivity index (χ0v) is 3.40. The molecular weight excluding hydrogens is 74.9 g/mol. The van der Waals surface area contributed by atoms with Gasteiger partial charge in [0.25, 0.3) is 0 Å². The fraction of sp³-hybridized carbons (Fsp3) is 0.250. The number of allylic oxidation sites excluding steroid dienone is 1. The lowest BCUT2D eigenvalue weighted by Gasteiger charge is -2.09. The third-order valence-corrected chi connectivity index (χ3v) is 0.882. The SMILES string of the molecule is C=C1C[B]C1=O. The Bertz CT molecular complexity index is 92.1. The third-order valence-electron chi connectivity index (χ3n) is 0.882. The fourth-order valence-corrected chi connectivity index (χ4v) is 0.330. The van der Waals surface area contributed by atoms with Gasteiger partial charge in [-0.3, -0.25) is 0 Å². The van der Waals surface area contributed by atoms with E-state index in [9.17, 15) is 4.79 Å². The molecule has 1 rings (SSSR count). The van der Waals surface area contributed by atoms with E-state index in [2.05, 4.69) is 6.58 Å². The smallest absolute Gasteiger partial charge is 0.213 e. The van der Waals surface area contributed by atoms with E-state index in [4.69, 9.17) is 0 Å². The van der Waals surface area contributed by atoms with Crippen LogP contribution >= 0.6 is 0 Å². The van der Waals surface area contributed by atoms with Crippen molar-refractivity contribution in [2.45, 2.75) is 6.32 Å². The van der Waals surface area contributed by atoms with Crippen LogP contribution in [0.5, 0.6) is 0 Å². The van der Waals surface area contributed by atoms with Crippen LogP contribution in [0.4, 0.5) is 0 Å². The Morgan fingerprint density at radius 2 is 2.33 bits per heavy atom. The average molecular weight is 78.9 g/mol. The molecule has 1 aliphatic heterocycles. The molecule has 2 heteroatoms. The Hall–Kier alpha value is -0.525. The Kier molecular flexibility index (Phi) is 0.590. The molecule has 29 valence electrons. The van der Waals surface area contributed by atoms with Gasteiger partial charge in [-0.05, 0) is 11.9 Å². The van der Waals surface area contributed by atoms with Crippen LogP contribution in [0.15, 0.2) is 12.2 Å². The first kappa shape index (κ1) is 3.66. The summed E-state index contributed by atoms with van der Waals surface area (Å²) in [7, 11) is 1.63. The van der Waals surface area contributed by atoms with Gasteiger partial charge in [0.05, 0.1) is 0 Å². The molecule has 0 bridgehead atoms. The van der Waals surface area contributed by atoms with Crippen molar-refractivity contribution in [1.29, 1.82) is 0 Å². The zero-order valence-electron chi connectivity index (χ0n) is 3.40. The van der Waals surface area contributed by atoms with Gasteiger partial charge in [0.2, 0.25) is 7.28 Å². The lowest BCUT2D eigenvalue weighted by Crippen LogP contribution is -2.22. The zero-order chi connectivity index (χ0) is 4.57. The van der Waals surface area contributed by atoms with Crippen LogP contribution in [0.1, 0.15) is 0 Å². The number of carbonyl (C=O) groups is 1. The molecular formula is C4H4BO. The molecule has 0 aromatic carbocycles. The molecule has 0 atom stereocenters. The largest absolute Gasteiger partial charge is 0.307 e. The maximum atomic E-state index is 10.1. The van der Waals surface area contributed by atoms with E-state index in [0.29, 0.717) is 0 Å². The lowest BCUT2D eigenvalue weighted by atomic mass is 9.53. The average Bonchev–Trinajstić information content (AvgIpc) is 1.61. The van der Waals surface area contributed by atoms with E-state index in [-0.39, 0.29) is 5.68 Å². The minimum absolute atomic E-state index is 0.120. The normalized spacial score (nSPS) is 19.3. The van der Waals surface area contributed by atoms with Crippen molar-refractivity contribution >= 4 is 13.0 Å². The maximum absolute atomic E-state index is 10.1. The minimum Gasteiger partial charge on any atom is -0.307 e. The Morgan fingerprint density at radius 1 is 1.83 bits per heavy atom. The molecule has 1 fully saturated rings. The van der Waals surface area contributed by atoms with Gasteiger partial charge in [0.15, 0.2) is 0 Å². The molecule has 1 aliphatic rings. The third kappa shape index (κ3) is 0.296. The van der Waals surface area contributed by atoms with Crippen LogP contribution < -0.4 is 0 Å². The van der Waals surface area contributed by atoms with Crippen molar-refractivity contribution in [3.63, 3.8) is 0 Å². The molecule has 1 heterocycles. The summed E-state index contributed by atoms with van der Waals surface area (Å²) in [5.74, 6) is 0. The molecule has 0 N–H and O–H groups in total. The van der Waals surface area contributed by atoms with Gasteiger partial charge in [-0.1, -0.05) is 6.58 Å². The standard InChI is InChI=1S/C4H4BO/c1-3-2-5-4(3)6/h1-2H2. The van der Waals surface area contributed by atoms with E-state index < -0.39 is 0 Å². The fourth-order valence-electron chi connectivity index (χ4n) is 0.330. The summed E-state index contributed by atoms with van der Waals surface area (Å²) in [5.41, 5.74) is 0.866. The van der Waals surface area contributed by atoms with Crippen molar-refractivity contribution in [1.82, 2.24) is 0 Å². The molecule has 0 amide bonds. The van der Waals surface area contributed by atoms with Crippen molar-refractivity contribution in [3.8, 4) is 0 Å². The van der Waals surface area contributed by atoms with Gasteiger partial charge in [-0.2, -0.15) is 0 Å². The molecule has 6 heavy (non-hydrogen) atoms. The van der Waals surface area contributed by atoms with E-state index in [1.165, 1.54) is 0 Å². The highest BCUT2D eigenvalue weighted by Crippen LogP contribution is 2.09. The Balaban J connectivity index is 2.61. The van der Waals surface area contributed by atoms with E-state index >= 15 is 0 Å². The van der Waals surface area contributed by atoms with E-state index in [1.807, 2.05) is 0 Å². The van der Waals surface area contributed by atoms with Crippen molar-refractivity contribution in [2.75, 3.05) is 0 Å². The summed E-state index contributed by atoms with van der Waals surface area (Å²) in [4.78, 5) is 10.1. The minimum atomic E-state index is 0.120. The highest BCUT2D eigenvalue weighted by Gasteiger charge is 2.18. The van der Waals surface area contributed by atoms with Gasteiger partial charge in [-0.25, -0.2) is 0 Å². The number of rotatable bonds is 0. The molecule has 0 aromatic rings. The summed E-state index contributed by atoms with van der Waals surface area (Å²) in [6, 6.07) is 0. The second kappa shape index (κ2) is 0.967. The summed E-state index contributed by atoms with van der Waals surface area (Å²) in [5, 5.41) is 0. The predicted octanol–water partition coefficient (Wildman–Crippen LogP) is 0.205. The number of hydrogen-bond donors (Lipinski definition) is 0. The first-order valence-electron chi connectivity index (χ1n) is 1.86. The van der Waals surface area contributed by atoms with Crippen LogP contribution in [0.25, 0.3) is 0 Å². The first-order valence-corrected chi connectivity index (χ1v) is 1.86. The van der Waals surface area contributed by atoms with Crippen molar-refractivity contribution in [2.24, 2.45) is 0 Å². The van der Waals surface area contributed by atoms with Crippen LogP contribution in [0.3, 0.4) is 0 Å². The highest BCUT2D eigenvalue weighted by molar-refractivity contribution is 6.84. The highest BCUT2D eigenvalue weighted by atomic mass is 16.1. The molecule has 0 spiro atoms. The topological polar surface area (TPSA) is 17.1 Å². The Morgan fingerprint density at radius 3 is 2.33 bits per heavy atom. The molecule has 0 aromatic heterocycles. The second-order valence-electron chi connectivity index (χ2n) is 1.38. The lowest BCUT2D eigenvalue weighted by molar-refractivity contribution is -0.109. The quantitative estimate of drug-likeness (QED) is 0.299. The molecule has 1 radical (unpaired) electrons. The first-order chi connectivity index (χ1) is 2.80. The van der Waals surface area contributed by atoms with Gasteiger partial charge >= 0.3 is 0 Å². The number of hydrogen-bond acceptors (Lipinski definition) is 1. The second-order valence-corrected chi connectivity index (χ2v) is 1.38. The molecule has 0 unspecified atom stereocenters. The molecule has 0 aliphatic carbocycles. The molecule has 0 saturated carbocycles. The van der Waals surface area contributed by atoms with Crippen molar-refractivity contribution in [3.05, 3.63) is 12.2 Å². The molecule has 1 saturated heterocycles. The predicted molar refractivity (Wildman–Crippen MR) is 24.7 cm³/mol. The van der Waals surface area contributed by atoms with Crippen molar-refractivity contribution < 1.29 is 4.79 Å². The summed E-state index contributed by atoms with van der Waals surface area (Å²) in [6.45, 7) is 3.46. The maximum Gasteiger partial charge on any atom is 0.213 e. The number of carbonyl (C=O) groups excluding carboxylic acids is 1. The van der Waals surface area contributed by atoms with Gasteiger partial charge in [0, 0.05) is 0 Å². The summed E-state index contributed by atoms with van der Waals surface area (Å²) < 4.78 is 0. The molecule has 1 nitrogen and oxygen atoms in total. The monoisotopic (exact) mass is 79.0 g/mol. The summed E-state index contributed by atoms with van der Waals surface area (Å²) in [6.07, 6.45) is 0.804. The summed E-state index contributed by atoms with van der Waals surface area (Å²) >= 11 is 0. The van der Waals surface area contributed by atoms with E-state index in [0.717, 1.165) is 11.9 Å². The van der Waals surface area contributed by atoms with Gasteiger partial charge in [-0.15, -0.1) is 0 Å². The van der Waals surface area contributed by atoms with Crippen LogP contribution in [-0.4, -0.2) is 13.0 Å². The van der Waals surface area contributed by atoms with Gasteiger partial charge in [0.1, 0.15) is 5.68 Å². The van der Waals surface area contributed by atoms with E-state index in [1.54, 1.807) is 7.28 Å². The Labute approximate surface area is 37.3 Å².